The average molecular weight is 461 g/mol. The van der Waals surface area contributed by atoms with Gasteiger partial charge in [-0.15, -0.1) is 0 Å². The standard InChI is InChI=1S/C31H44N2O/c1-3-5-7-9-16-22-33(23-17-10-8-6-4-2)25-31(34)28-24-30(26-18-12-11-13-19-26)32-29-21-15-14-20-27(28)29/h11-15,18-21,24,31,34H,3-10,16-17,22-23,25H2,1-2H3. The summed E-state index contributed by atoms with van der Waals surface area (Å²) in [4.78, 5) is 7.40. The van der Waals surface area contributed by atoms with E-state index in [4.69, 9.17) is 4.98 Å². The Morgan fingerprint density at radius 2 is 1.32 bits per heavy atom. The fraction of sp³-hybridized carbons (Fsp3) is 0.516. The SMILES string of the molecule is CCCCCCCN(CCCCCCC)CC(O)c1cc(-c2ccccc2)nc2ccccc12. The molecule has 0 aliphatic carbocycles. The number of aromatic nitrogens is 1. The lowest BCUT2D eigenvalue weighted by Crippen LogP contribution is -2.31. The van der Waals surface area contributed by atoms with Crippen LogP contribution < -0.4 is 0 Å². The van der Waals surface area contributed by atoms with Gasteiger partial charge in [-0.2, -0.15) is 0 Å². The predicted molar refractivity (Wildman–Crippen MR) is 146 cm³/mol. The van der Waals surface area contributed by atoms with Crippen LogP contribution in [0.5, 0.6) is 0 Å². The van der Waals surface area contributed by atoms with Crippen molar-refractivity contribution in [2.45, 2.75) is 84.2 Å². The zero-order valence-corrected chi connectivity index (χ0v) is 21.4. The van der Waals surface area contributed by atoms with E-state index in [-0.39, 0.29) is 0 Å². The molecule has 34 heavy (non-hydrogen) atoms. The number of para-hydroxylation sites is 1. The van der Waals surface area contributed by atoms with Crippen LogP contribution in [0.4, 0.5) is 0 Å². The van der Waals surface area contributed by atoms with E-state index in [0.717, 1.165) is 40.8 Å². The minimum Gasteiger partial charge on any atom is -0.387 e. The van der Waals surface area contributed by atoms with Gasteiger partial charge < -0.3 is 10.0 Å². The van der Waals surface area contributed by atoms with E-state index in [1.165, 1.54) is 64.2 Å². The molecule has 3 heteroatoms. The van der Waals surface area contributed by atoms with Gasteiger partial charge in [0.15, 0.2) is 0 Å². The summed E-state index contributed by atoms with van der Waals surface area (Å²) in [6.45, 7) is 7.36. The first kappa shape index (κ1) is 26.4. The summed E-state index contributed by atoms with van der Waals surface area (Å²) in [5.41, 5.74) is 3.96. The van der Waals surface area contributed by atoms with Crippen molar-refractivity contribution < 1.29 is 5.11 Å². The molecule has 1 atom stereocenters. The Hall–Kier alpha value is -2.23. The molecule has 1 aromatic heterocycles. The van der Waals surface area contributed by atoms with Gasteiger partial charge in [-0.1, -0.05) is 114 Å². The molecule has 0 fully saturated rings. The molecule has 3 aromatic rings. The lowest BCUT2D eigenvalue weighted by Gasteiger charge is -2.26. The van der Waals surface area contributed by atoms with Gasteiger partial charge in [0.2, 0.25) is 0 Å². The second kappa shape index (κ2) is 14.9. The Balaban J connectivity index is 1.75. The first-order chi connectivity index (χ1) is 16.7. The van der Waals surface area contributed by atoms with Crippen molar-refractivity contribution in [1.82, 2.24) is 9.88 Å². The first-order valence-corrected chi connectivity index (χ1v) is 13.6. The molecule has 1 heterocycles. The second-order valence-electron chi connectivity index (χ2n) is 9.62. The minimum atomic E-state index is -0.526. The molecule has 3 rings (SSSR count). The lowest BCUT2D eigenvalue weighted by atomic mass is 9.99. The number of fused-ring (bicyclic) bond motifs is 1. The summed E-state index contributed by atoms with van der Waals surface area (Å²) >= 11 is 0. The van der Waals surface area contributed by atoms with Crippen LogP contribution in [-0.2, 0) is 0 Å². The molecular formula is C31H44N2O. The van der Waals surface area contributed by atoms with Crippen molar-refractivity contribution in [3.8, 4) is 11.3 Å². The zero-order chi connectivity index (χ0) is 24.0. The van der Waals surface area contributed by atoms with Crippen LogP contribution in [0, 0.1) is 0 Å². The molecule has 184 valence electrons. The number of benzene rings is 2. The third-order valence-electron chi connectivity index (χ3n) is 6.76. The molecule has 0 aliphatic rings. The zero-order valence-electron chi connectivity index (χ0n) is 21.4. The van der Waals surface area contributed by atoms with Crippen molar-refractivity contribution in [2.24, 2.45) is 0 Å². The predicted octanol–water partition coefficient (Wildman–Crippen LogP) is 8.18. The normalized spacial score (nSPS) is 12.5. The van der Waals surface area contributed by atoms with Crippen LogP contribution in [0.2, 0.25) is 0 Å². The molecule has 1 unspecified atom stereocenters. The third-order valence-corrected chi connectivity index (χ3v) is 6.76. The Kier molecular flexibility index (Phi) is 11.6. The Labute approximate surface area is 207 Å². The summed E-state index contributed by atoms with van der Waals surface area (Å²) in [5.74, 6) is 0. The highest BCUT2D eigenvalue weighted by Gasteiger charge is 2.18. The van der Waals surface area contributed by atoms with Crippen molar-refractivity contribution in [3.63, 3.8) is 0 Å². The van der Waals surface area contributed by atoms with Crippen molar-refractivity contribution in [1.29, 1.82) is 0 Å². The second-order valence-corrected chi connectivity index (χ2v) is 9.62. The van der Waals surface area contributed by atoms with Gasteiger partial charge in [-0.3, -0.25) is 0 Å². The van der Waals surface area contributed by atoms with E-state index in [9.17, 15) is 5.11 Å². The molecule has 0 amide bonds. The lowest BCUT2D eigenvalue weighted by molar-refractivity contribution is 0.111. The topological polar surface area (TPSA) is 36.4 Å². The molecule has 0 saturated heterocycles. The van der Waals surface area contributed by atoms with E-state index in [2.05, 4.69) is 49.1 Å². The number of pyridine rings is 1. The van der Waals surface area contributed by atoms with Gasteiger partial charge in [0.25, 0.3) is 0 Å². The van der Waals surface area contributed by atoms with Gasteiger partial charge in [-0.25, -0.2) is 4.98 Å². The molecular weight excluding hydrogens is 416 g/mol. The first-order valence-electron chi connectivity index (χ1n) is 13.6. The summed E-state index contributed by atoms with van der Waals surface area (Å²) < 4.78 is 0. The van der Waals surface area contributed by atoms with Gasteiger partial charge in [0, 0.05) is 17.5 Å². The summed E-state index contributed by atoms with van der Waals surface area (Å²) in [6.07, 6.45) is 12.3. The number of aliphatic hydroxyl groups excluding tert-OH is 1. The van der Waals surface area contributed by atoms with Crippen molar-refractivity contribution in [2.75, 3.05) is 19.6 Å². The van der Waals surface area contributed by atoms with Crippen LogP contribution in [0.3, 0.4) is 0 Å². The van der Waals surface area contributed by atoms with Crippen LogP contribution in [0.1, 0.15) is 89.7 Å². The number of hydrogen-bond acceptors (Lipinski definition) is 3. The van der Waals surface area contributed by atoms with Crippen LogP contribution in [-0.4, -0.2) is 34.6 Å². The summed E-state index contributed by atoms with van der Waals surface area (Å²) in [6, 6.07) is 20.6. The summed E-state index contributed by atoms with van der Waals surface area (Å²) in [5, 5.41) is 12.5. The molecule has 3 nitrogen and oxygen atoms in total. The highest BCUT2D eigenvalue weighted by Crippen LogP contribution is 2.29. The van der Waals surface area contributed by atoms with Gasteiger partial charge in [0.05, 0.1) is 17.3 Å². The van der Waals surface area contributed by atoms with Gasteiger partial charge in [-0.05, 0) is 43.6 Å². The summed E-state index contributed by atoms with van der Waals surface area (Å²) in [7, 11) is 0. The number of hydrogen-bond donors (Lipinski definition) is 1. The highest BCUT2D eigenvalue weighted by atomic mass is 16.3. The molecule has 0 spiro atoms. The third kappa shape index (κ3) is 8.21. The Bertz CT molecular complexity index is 942. The maximum Gasteiger partial charge on any atom is 0.0924 e. The van der Waals surface area contributed by atoms with E-state index >= 15 is 0 Å². The molecule has 0 saturated carbocycles. The van der Waals surface area contributed by atoms with Crippen molar-refractivity contribution >= 4 is 10.9 Å². The molecule has 2 aromatic carbocycles. The quantitative estimate of drug-likeness (QED) is 0.219. The van der Waals surface area contributed by atoms with E-state index < -0.39 is 6.10 Å². The van der Waals surface area contributed by atoms with E-state index in [1.807, 2.05) is 30.3 Å². The number of nitrogens with zero attached hydrogens (tertiary/aromatic N) is 2. The molecule has 0 aliphatic heterocycles. The molecule has 0 radical (unpaired) electrons. The average Bonchev–Trinajstić information content (AvgIpc) is 2.88. The maximum atomic E-state index is 11.5. The largest absolute Gasteiger partial charge is 0.387 e. The van der Waals surface area contributed by atoms with Crippen LogP contribution >= 0.6 is 0 Å². The van der Waals surface area contributed by atoms with Gasteiger partial charge >= 0.3 is 0 Å². The monoisotopic (exact) mass is 460 g/mol. The fourth-order valence-corrected chi connectivity index (χ4v) is 4.75. The maximum absolute atomic E-state index is 11.5. The van der Waals surface area contributed by atoms with E-state index in [0.29, 0.717) is 6.54 Å². The van der Waals surface area contributed by atoms with Crippen LogP contribution in [0.15, 0.2) is 60.7 Å². The minimum absolute atomic E-state index is 0.526. The number of rotatable bonds is 16. The van der Waals surface area contributed by atoms with E-state index in [1.54, 1.807) is 0 Å². The number of unbranched alkanes of at least 4 members (excludes halogenated alkanes) is 8. The Morgan fingerprint density at radius 3 is 1.97 bits per heavy atom. The molecule has 1 N–H and O–H groups in total. The molecule has 0 bridgehead atoms. The van der Waals surface area contributed by atoms with Gasteiger partial charge in [0.1, 0.15) is 0 Å². The van der Waals surface area contributed by atoms with Crippen molar-refractivity contribution in [3.05, 3.63) is 66.2 Å². The smallest absolute Gasteiger partial charge is 0.0924 e. The van der Waals surface area contributed by atoms with Crippen LogP contribution in [0.25, 0.3) is 22.2 Å². The highest BCUT2D eigenvalue weighted by molar-refractivity contribution is 5.85. The fourth-order valence-electron chi connectivity index (χ4n) is 4.75. The number of aliphatic hydroxyl groups is 1. The Morgan fingerprint density at radius 1 is 0.735 bits per heavy atom.